The highest BCUT2D eigenvalue weighted by Gasteiger charge is 2.31. The van der Waals surface area contributed by atoms with Crippen molar-refractivity contribution in [2.24, 2.45) is 7.05 Å². The number of carbonyl (C=O) groups excluding carboxylic acids is 1. The summed E-state index contributed by atoms with van der Waals surface area (Å²) in [5.74, 6) is 0.258. The minimum absolute atomic E-state index is 0.143. The Morgan fingerprint density at radius 1 is 1.17 bits per heavy atom. The molecule has 0 amide bonds. The van der Waals surface area contributed by atoms with E-state index < -0.39 is 12.3 Å². The fourth-order valence-corrected chi connectivity index (χ4v) is 3.04. The molecule has 0 bridgehead atoms. The third-order valence-electron chi connectivity index (χ3n) is 4.36. The van der Waals surface area contributed by atoms with Crippen LogP contribution in [-0.4, -0.2) is 35.1 Å². The van der Waals surface area contributed by atoms with Crippen LogP contribution in [0.4, 0.5) is 13.2 Å². The summed E-state index contributed by atoms with van der Waals surface area (Å²) < 4.78 is 53.3. The molecule has 2 aromatic carbocycles. The van der Waals surface area contributed by atoms with Crippen molar-refractivity contribution in [2.45, 2.75) is 32.7 Å². The van der Waals surface area contributed by atoms with Gasteiger partial charge in [-0.3, -0.25) is 0 Å². The first kappa shape index (κ1) is 21.5. The average molecular weight is 422 g/mol. The number of benzene rings is 2. The van der Waals surface area contributed by atoms with E-state index in [0.717, 1.165) is 11.1 Å². The van der Waals surface area contributed by atoms with Gasteiger partial charge in [-0.25, -0.2) is 9.78 Å². The Balaban J connectivity index is 1.93. The largest absolute Gasteiger partial charge is 0.573 e. The number of aromatic nitrogens is 2. The number of hydrogen-bond donors (Lipinski definition) is 0. The van der Waals surface area contributed by atoms with Crippen LogP contribution in [0.15, 0.2) is 36.4 Å². The van der Waals surface area contributed by atoms with Gasteiger partial charge in [0.15, 0.2) is 0 Å². The first-order valence-corrected chi connectivity index (χ1v) is 9.16. The molecule has 0 N–H and O–H groups in total. The average Bonchev–Trinajstić information content (AvgIpc) is 2.95. The fraction of sp³-hybridized carbons (Fsp3) is 0.333. The number of carbonyl (C=O) groups is 1. The summed E-state index contributed by atoms with van der Waals surface area (Å²) in [5.41, 5.74) is 2.37. The van der Waals surface area contributed by atoms with Crippen molar-refractivity contribution >= 4 is 17.0 Å². The van der Waals surface area contributed by atoms with Crippen molar-refractivity contribution in [3.8, 4) is 11.5 Å². The lowest BCUT2D eigenvalue weighted by atomic mass is 10.1. The molecule has 6 nitrogen and oxygen atoms in total. The summed E-state index contributed by atoms with van der Waals surface area (Å²) in [7, 11) is 3.12. The minimum atomic E-state index is -4.73. The van der Waals surface area contributed by atoms with Gasteiger partial charge in [-0.1, -0.05) is 12.1 Å². The molecule has 0 fully saturated rings. The van der Waals surface area contributed by atoms with Gasteiger partial charge in [0.1, 0.15) is 22.9 Å². The van der Waals surface area contributed by atoms with Crippen molar-refractivity contribution in [2.75, 3.05) is 7.11 Å². The number of fused-ring (bicyclic) bond motifs is 1. The Morgan fingerprint density at radius 2 is 1.83 bits per heavy atom. The molecule has 30 heavy (non-hydrogen) atoms. The van der Waals surface area contributed by atoms with E-state index in [0.29, 0.717) is 23.5 Å². The van der Waals surface area contributed by atoms with Gasteiger partial charge >= 0.3 is 12.3 Å². The second-order valence-corrected chi connectivity index (χ2v) is 6.95. The van der Waals surface area contributed by atoms with Crippen LogP contribution in [0.2, 0.25) is 0 Å². The van der Waals surface area contributed by atoms with Gasteiger partial charge < -0.3 is 18.8 Å². The third kappa shape index (κ3) is 4.84. The van der Waals surface area contributed by atoms with Crippen molar-refractivity contribution in [1.29, 1.82) is 0 Å². The first-order valence-electron chi connectivity index (χ1n) is 9.16. The highest BCUT2D eigenvalue weighted by Crippen LogP contribution is 2.29. The van der Waals surface area contributed by atoms with Crippen LogP contribution in [0.25, 0.3) is 11.0 Å². The number of hydrogen-bond acceptors (Lipinski definition) is 5. The Morgan fingerprint density at radius 3 is 2.40 bits per heavy atom. The smallest absolute Gasteiger partial charge is 0.490 e. The molecule has 0 aliphatic carbocycles. The summed E-state index contributed by atoms with van der Waals surface area (Å²) in [5, 5.41) is 0. The predicted molar refractivity (Wildman–Crippen MR) is 104 cm³/mol. The minimum Gasteiger partial charge on any atom is -0.490 e. The topological polar surface area (TPSA) is 62.6 Å². The molecule has 9 heteroatoms. The molecular formula is C21H21F3N2O4. The monoisotopic (exact) mass is 422 g/mol. The Kier molecular flexibility index (Phi) is 5.91. The SMILES string of the molecule is COC(=O)c1cc2nc(Cc3ccc(OC(F)(F)F)cc3)n(C)c2cc1OC(C)C. The van der Waals surface area contributed by atoms with E-state index in [1.165, 1.54) is 19.2 Å². The number of methoxy groups -OCH3 is 1. The van der Waals surface area contributed by atoms with Crippen molar-refractivity contribution in [3.63, 3.8) is 0 Å². The molecule has 0 aliphatic rings. The molecule has 0 radical (unpaired) electrons. The summed E-state index contributed by atoms with van der Waals surface area (Å²) in [6, 6.07) is 8.97. The van der Waals surface area contributed by atoms with Crippen LogP contribution in [0.3, 0.4) is 0 Å². The van der Waals surface area contributed by atoms with Crippen LogP contribution in [-0.2, 0) is 18.2 Å². The van der Waals surface area contributed by atoms with Gasteiger partial charge in [0.2, 0.25) is 0 Å². The maximum Gasteiger partial charge on any atom is 0.573 e. The second kappa shape index (κ2) is 8.25. The maximum absolute atomic E-state index is 12.3. The van der Waals surface area contributed by atoms with Crippen LogP contribution in [0, 0.1) is 0 Å². The number of imidazole rings is 1. The van der Waals surface area contributed by atoms with E-state index >= 15 is 0 Å². The number of alkyl halides is 3. The Bertz CT molecular complexity index is 1060. The number of esters is 1. The predicted octanol–water partition coefficient (Wildman–Crippen LogP) is 4.64. The van der Waals surface area contributed by atoms with Crippen molar-refractivity contribution in [1.82, 2.24) is 9.55 Å². The van der Waals surface area contributed by atoms with Crippen LogP contribution in [0.5, 0.6) is 11.5 Å². The van der Waals surface area contributed by atoms with E-state index in [1.807, 2.05) is 25.5 Å². The van der Waals surface area contributed by atoms with Gasteiger partial charge in [0.25, 0.3) is 0 Å². The molecule has 0 unspecified atom stereocenters. The second-order valence-electron chi connectivity index (χ2n) is 6.95. The molecule has 0 atom stereocenters. The molecule has 0 spiro atoms. The number of rotatable bonds is 6. The number of ether oxygens (including phenoxy) is 3. The van der Waals surface area contributed by atoms with Gasteiger partial charge in [0, 0.05) is 19.5 Å². The lowest BCUT2D eigenvalue weighted by Crippen LogP contribution is -2.17. The van der Waals surface area contributed by atoms with Crippen LogP contribution < -0.4 is 9.47 Å². The standard InChI is InChI=1S/C21H21F3N2O4/c1-12(2)29-18-11-17-16(10-15(18)20(27)28-4)25-19(26(17)3)9-13-5-7-14(8-6-13)30-21(22,23)24/h5-8,10-12H,9H2,1-4H3. The van der Waals surface area contributed by atoms with Crippen molar-refractivity contribution < 1.29 is 32.2 Å². The molecule has 1 heterocycles. The summed E-state index contributed by atoms with van der Waals surface area (Å²) in [4.78, 5) is 16.7. The summed E-state index contributed by atoms with van der Waals surface area (Å²) in [6.07, 6.45) is -4.49. The normalized spacial score (nSPS) is 11.7. The number of aryl methyl sites for hydroxylation is 1. The molecule has 1 aromatic heterocycles. The zero-order valence-electron chi connectivity index (χ0n) is 16.9. The van der Waals surface area contributed by atoms with E-state index in [9.17, 15) is 18.0 Å². The Labute approximate surface area is 171 Å². The zero-order valence-corrected chi connectivity index (χ0v) is 16.9. The van der Waals surface area contributed by atoms with E-state index in [-0.39, 0.29) is 17.4 Å². The molecule has 3 aromatic rings. The fourth-order valence-electron chi connectivity index (χ4n) is 3.04. The van der Waals surface area contributed by atoms with E-state index in [2.05, 4.69) is 9.72 Å². The molecular weight excluding hydrogens is 401 g/mol. The quantitative estimate of drug-likeness (QED) is 0.542. The summed E-state index contributed by atoms with van der Waals surface area (Å²) in [6.45, 7) is 3.71. The third-order valence-corrected chi connectivity index (χ3v) is 4.36. The molecule has 0 saturated carbocycles. The van der Waals surface area contributed by atoms with Crippen LogP contribution in [0.1, 0.15) is 35.6 Å². The zero-order chi connectivity index (χ0) is 22.1. The molecule has 160 valence electrons. The van der Waals surface area contributed by atoms with Crippen LogP contribution >= 0.6 is 0 Å². The lowest BCUT2D eigenvalue weighted by Gasteiger charge is -2.13. The highest BCUT2D eigenvalue weighted by molar-refractivity contribution is 5.97. The number of nitrogens with zero attached hydrogens (tertiary/aromatic N) is 2. The molecule has 3 rings (SSSR count). The van der Waals surface area contributed by atoms with Gasteiger partial charge in [-0.05, 0) is 37.6 Å². The lowest BCUT2D eigenvalue weighted by molar-refractivity contribution is -0.274. The maximum atomic E-state index is 12.3. The molecule has 0 aliphatic heterocycles. The summed E-state index contributed by atoms with van der Waals surface area (Å²) >= 11 is 0. The van der Waals surface area contributed by atoms with Gasteiger partial charge in [-0.2, -0.15) is 0 Å². The Hall–Kier alpha value is -3.23. The van der Waals surface area contributed by atoms with E-state index in [1.54, 1.807) is 24.3 Å². The van der Waals surface area contributed by atoms with Crippen molar-refractivity contribution in [3.05, 3.63) is 53.3 Å². The van der Waals surface area contributed by atoms with E-state index in [4.69, 9.17) is 9.47 Å². The van der Waals surface area contributed by atoms with Gasteiger partial charge in [-0.15, -0.1) is 13.2 Å². The molecule has 0 saturated heterocycles. The highest BCUT2D eigenvalue weighted by atomic mass is 19.4. The number of halogens is 3. The van der Waals surface area contributed by atoms with Gasteiger partial charge in [0.05, 0.1) is 24.2 Å². The first-order chi connectivity index (χ1) is 14.1.